The number of rotatable bonds is 3. The molecule has 23 heavy (non-hydrogen) atoms. The minimum Gasteiger partial charge on any atom is -0.481 e. The summed E-state index contributed by atoms with van der Waals surface area (Å²) in [6.07, 6.45) is 1.21. The predicted octanol–water partition coefficient (Wildman–Crippen LogP) is 2.46. The number of nitrogens with one attached hydrogen (secondary N) is 1. The number of aliphatic carboxylic acids is 1. The lowest BCUT2D eigenvalue weighted by Crippen LogP contribution is -2.44. The summed E-state index contributed by atoms with van der Waals surface area (Å²) < 4.78 is 4.59. The van der Waals surface area contributed by atoms with Gasteiger partial charge in [0.05, 0.1) is 23.6 Å². The molecule has 0 radical (unpaired) electrons. The Hall–Kier alpha value is -2.28. The maximum atomic E-state index is 12.2. The maximum absolute atomic E-state index is 12.2. The number of nitrogens with zero attached hydrogens (tertiary/aromatic N) is 1. The van der Waals surface area contributed by atoms with Crippen molar-refractivity contribution in [3.8, 4) is 0 Å². The van der Waals surface area contributed by atoms with Crippen molar-refractivity contribution in [2.24, 2.45) is 5.92 Å². The summed E-state index contributed by atoms with van der Waals surface area (Å²) in [5, 5.41) is 11.9. The highest BCUT2D eigenvalue weighted by atomic mass is 35.5. The smallest absolute Gasteiger partial charge is 0.339 e. The number of esters is 1. The third-order valence-electron chi connectivity index (χ3n) is 3.68. The largest absolute Gasteiger partial charge is 0.481 e. The lowest BCUT2D eigenvalue weighted by atomic mass is 9.99. The van der Waals surface area contributed by atoms with E-state index in [-0.39, 0.29) is 17.1 Å². The molecular formula is C15H17ClN2O5. The first-order valence-corrected chi connectivity index (χ1v) is 7.46. The van der Waals surface area contributed by atoms with E-state index in [1.54, 1.807) is 0 Å². The Morgan fingerprint density at radius 3 is 2.74 bits per heavy atom. The van der Waals surface area contributed by atoms with Crippen LogP contribution >= 0.6 is 11.6 Å². The number of carboxylic acid groups (broad SMARTS) is 1. The van der Waals surface area contributed by atoms with E-state index >= 15 is 0 Å². The van der Waals surface area contributed by atoms with Crippen LogP contribution in [0.25, 0.3) is 0 Å². The van der Waals surface area contributed by atoms with Gasteiger partial charge < -0.3 is 20.1 Å². The maximum Gasteiger partial charge on any atom is 0.339 e. The number of ether oxygens (including phenoxy) is 1. The average Bonchev–Trinajstić information content (AvgIpc) is 2.54. The molecule has 1 fully saturated rings. The molecule has 2 rings (SSSR count). The van der Waals surface area contributed by atoms with E-state index in [0.717, 1.165) is 0 Å². The number of piperidine rings is 1. The van der Waals surface area contributed by atoms with E-state index in [2.05, 4.69) is 10.1 Å². The van der Waals surface area contributed by atoms with Crippen molar-refractivity contribution in [2.75, 3.05) is 25.5 Å². The van der Waals surface area contributed by atoms with Crippen molar-refractivity contribution in [3.05, 3.63) is 28.8 Å². The monoisotopic (exact) mass is 340 g/mol. The Morgan fingerprint density at radius 2 is 2.13 bits per heavy atom. The van der Waals surface area contributed by atoms with Crippen LogP contribution in [0.2, 0.25) is 5.02 Å². The summed E-state index contributed by atoms with van der Waals surface area (Å²) in [4.78, 5) is 36.2. The standard InChI is InChI=1S/C15H17ClN2O5/c1-23-14(21)11-5-4-10(7-12(11)16)17-15(22)18-6-2-3-9(8-18)13(19)20/h4-5,7,9H,2-3,6,8H2,1H3,(H,17,22)(H,19,20). The van der Waals surface area contributed by atoms with Gasteiger partial charge in [-0.3, -0.25) is 4.79 Å². The van der Waals surface area contributed by atoms with Crippen molar-refractivity contribution in [3.63, 3.8) is 0 Å². The molecule has 0 bridgehead atoms. The van der Waals surface area contributed by atoms with Gasteiger partial charge in [0, 0.05) is 18.8 Å². The number of urea groups is 1. The van der Waals surface area contributed by atoms with E-state index in [0.29, 0.717) is 25.1 Å². The molecule has 1 atom stereocenters. The lowest BCUT2D eigenvalue weighted by Gasteiger charge is -2.30. The van der Waals surface area contributed by atoms with Crippen LogP contribution in [0.15, 0.2) is 18.2 Å². The highest BCUT2D eigenvalue weighted by Crippen LogP contribution is 2.23. The van der Waals surface area contributed by atoms with E-state index in [9.17, 15) is 14.4 Å². The molecule has 1 aromatic rings. The summed E-state index contributed by atoms with van der Waals surface area (Å²) >= 11 is 5.99. The zero-order chi connectivity index (χ0) is 17.0. The third kappa shape index (κ3) is 4.13. The molecule has 7 nitrogen and oxygen atoms in total. The fourth-order valence-corrected chi connectivity index (χ4v) is 2.69. The average molecular weight is 341 g/mol. The third-order valence-corrected chi connectivity index (χ3v) is 4.00. The molecule has 1 aromatic carbocycles. The number of anilines is 1. The quantitative estimate of drug-likeness (QED) is 0.824. The second kappa shape index (κ2) is 7.32. The van der Waals surface area contributed by atoms with E-state index in [4.69, 9.17) is 16.7 Å². The van der Waals surface area contributed by atoms with Crippen molar-refractivity contribution >= 4 is 35.3 Å². The molecule has 1 unspecified atom stereocenters. The molecule has 1 saturated heterocycles. The highest BCUT2D eigenvalue weighted by molar-refractivity contribution is 6.33. The van der Waals surface area contributed by atoms with Crippen LogP contribution in [-0.4, -0.2) is 48.2 Å². The zero-order valence-electron chi connectivity index (χ0n) is 12.5. The first-order valence-electron chi connectivity index (χ1n) is 7.09. The SMILES string of the molecule is COC(=O)c1ccc(NC(=O)N2CCCC(C(=O)O)C2)cc1Cl. The molecule has 124 valence electrons. The van der Waals surface area contributed by atoms with Crippen LogP contribution in [0.4, 0.5) is 10.5 Å². The normalized spacial score (nSPS) is 17.5. The van der Waals surface area contributed by atoms with Crippen molar-refractivity contribution in [1.29, 1.82) is 0 Å². The Morgan fingerprint density at radius 1 is 1.39 bits per heavy atom. The minimum absolute atomic E-state index is 0.164. The number of methoxy groups -OCH3 is 1. The van der Waals surface area contributed by atoms with E-state index < -0.39 is 23.9 Å². The van der Waals surface area contributed by atoms with Crippen molar-refractivity contribution < 1.29 is 24.2 Å². The molecule has 2 amide bonds. The Balaban J connectivity index is 2.04. The van der Waals surface area contributed by atoms with Gasteiger partial charge in [-0.2, -0.15) is 0 Å². The topological polar surface area (TPSA) is 95.9 Å². The second-order valence-electron chi connectivity index (χ2n) is 5.24. The number of benzene rings is 1. The summed E-state index contributed by atoms with van der Waals surface area (Å²) in [6, 6.07) is 4.05. The molecule has 1 aliphatic heterocycles. The molecule has 8 heteroatoms. The lowest BCUT2D eigenvalue weighted by molar-refractivity contribution is -0.143. The number of carboxylic acids is 1. The zero-order valence-corrected chi connectivity index (χ0v) is 13.3. The van der Waals surface area contributed by atoms with Gasteiger partial charge in [-0.25, -0.2) is 9.59 Å². The molecule has 0 saturated carbocycles. The summed E-state index contributed by atoms with van der Waals surface area (Å²) in [6.45, 7) is 0.679. The van der Waals surface area contributed by atoms with Gasteiger partial charge in [-0.1, -0.05) is 11.6 Å². The highest BCUT2D eigenvalue weighted by Gasteiger charge is 2.28. The molecule has 1 heterocycles. The number of hydrogen-bond acceptors (Lipinski definition) is 4. The van der Waals surface area contributed by atoms with Gasteiger partial charge in [0.2, 0.25) is 0 Å². The van der Waals surface area contributed by atoms with Crippen LogP contribution in [-0.2, 0) is 9.53 Å². The number of hydrogen-bond donors (Lipinski definition) is 2. The van der Waals surface area contributed by atoms with Crippen LogP contribution in [0.1, 0.15) is 23.2 Å². The number of likely N-dealkylation sites (tertiary alicyclic amines) is 1. The van der Waals surface area contributed by atoms with Gasteiger partial charge in [-0.05, 0) is 31.0 Å². The van der Waals surface area contributed by atoms with Gasteiger partial charge >= 0.3 is 18.0 Å². The van der Waals surface area contributed by atoms with Crippen LogP contribution in [0, 0.1) is 5.92 Å². The fourth-order valence-electron chi connectivity index (χ4n) is 2.43. The summed E-state index contributed by atoms with van der Waals surface area (Å²) in [5.74, 6) is -2.00. The van der Waals surface area contributed by atoms with Gasteiger partial charge in [0.1, 0.15) is 0 Å². The number of halogens is 1. The van der Waals surface area contributed by atoms with E-state index in [1.165, 1.54) is 30.2 Å². The summed E-state index contributed by atoms with van der Waals surface area (Å²) in [7, 11) is 1.25. The molecule has 0 aliphatic carbocycles. The second-order valence-corrected chi connectivity index (χ2v) is 5.65. The van der Waals surface area contributed by atoms with Crippen LogP contribution in [0.3, 0.4) is 0 Å². The Kier molecular flexibility index (Phi) is 5.44. The number of amides is 2. The van der Waals surface area contributed by atoms with Crippen molar-refractivity contribution in [1.82, 2.24) is 4.90 Å². The van der Waals surface area contributed by atoms with Gasteiger partial charge in [0.25, 0.3) is 0 Å². The van der Waals surface area contributed by atoms with Crippen LogP contribution in [0.5, 0.6) is 0 Å². The molecule has 1 aliphatic rings. The predicted molar refractivity (Wildman–Crippen MR) is 83.7 cm³/mol. The van der Waals surface area contributed by atoms with E-state index in [1.807, 2.05) is 0 Å². The first kappa shape index (κ1) is 17.1. The molecule has 2 N–H and O–H groups in total. The van der Waals surface area contributed by atoms with Gasteiger partial charge in [-0.15, -0.1) is 0 Å². The number of carbonyl (C=O) groups excluding carboxylic acids is 2. The Bertz CT molecular complexity index is 634. The number of carbonyl (C=O) groups is 3. The first-order chi connectivity index (χ1) is 10.9. The van der Waals surface area contributed by atoms with Crippen LogP contribution < -0.4 is 5.32 Å². The Labute approximate surface area is 138 Å². The van der Waals surface area contributed by atoms with Crippen molar-refractivity contribution in [2.45, 2.75) is 12.8 Å². The molecule has 0 spiro atoms. The minimum atomic E-state index is -0.895. The summed E-state index contributed by atoms with van der Waals surface area (Å²) in [5.41, 5.74) is 0.626. The fraction of sp³-hybridized carbons (Fsp3) is 0.400. The molecular weight excluding hydrogens is 324 g/mol. The molecule has 0 aromatic heterocycles. The van der Waals surface area contributed by atoms with Gasteiger partial charge in [0.15, 0.2) is 0 Å².